The van der Waals surface area contributed by atoms with Crippen LogP contribution in [0.25, 0.3) is 0 Å². The first-order valence-corrected chi connectivity index (χ1v) is 6.82. The van der Waals surface area contributed by atoms with E-state index in [1.54, 1.807) is 0 Å². The van der Waals surface area contributed by atoms with Crippen molar-refractivity contribution in [2.24, 2.45) is 5.92 Å². The molecule has 1 aliphatic heterocycles. The predicted molar refractivity (Wildman–Crippen MR) is 65.1 cm³/mol. The summed E-state index contributed by atoms with van der Waals surface area (Å²) in [7, 11) is 0. The average Bonchev–Trinajstić information content (AvgIpc) is 2.66. The Morgan fingerprint density at radius 1 is 1.07 bits per heavy atom. The highest BCUT2D eigenvalue weighted by Gasteiger charge is 2.22. The van der Waals surface area contributed by atoms with E-state index in [0.717, 1.165) is 12.0 Å². The first kappa shape index (κ1) is 11.4. The highest BCUT2D eigenvalue weighted by molar-refractivity contribution is 4.80. The van der Waals surface area contributed by atoms with Gasteiger partial charge in [0.15, 0.2) is 0 Å². The van der Waals surface area contributed by atoms with Crippen LogP contribution in [0.1, 0.15) is 45.4 Å². The fourth-order valence-electron chi connectivity index (χ4n) is 3.04. The van der Waals surface area contributed by atoms with E-state index in [1.165, 1.54) is 64.7 Å². The van der Waals surface area contributed by atoms with Gasteiger partial charge in [-0.2, -0.15) is 0 Å². The van der Waals surface area contributed by atoms with E-state index < -0.39 is 0 Å². The molecular formula is C13H26N2. The molecule has 2 rings (SSSR count). The second-order valence-electron chi connectivity index (χ2n) is 5.37. The summed E-state index contributed by atoms with van der Waals surface area (Å²) < 4.78 is 0. The maximum absolute atomic E-state index is 3.74. The minimum atomic E-state index is 0.815. The molecule has 2 heteroatoms. The van der Waals surface area contributed by atoms with E-state index in [-0.39, 0.29) is 0 Å². The molecule has 0 amide bonds. The Morgan fingerprint density at radius 3 is 2.53 bits per heavy atom. The van der Waals surface area contributed by atoms with Gasteiger partial charge in [-0.1, -0.05) is 19.8 Å². The van der Waals surface area contributed by atoms with Crippen LogP contribution in [0.4, 0.5) is 0 Å². The summed E-state index contributed by atoms with van der Waals surface area (Å²) in [6, 6.07) is 0.815. The van der Waals surface area contributed by atoms with Crippen LogP contribution in [0.3, 0.4) is 0 Å². The van der Waals surface area contributed by atoms with Crippen molar-refractivity contribution in [3.63, 3.8) is 0 Å². The number of hydrogen-bond donors (Lipinski definition) is 1. The van der Waals surface area contributed by atoms with Crippen LogP contribution in [0.2, 0.25) is 0 Å². The molecule has 2 fully saturated rings. The third-order valence-corrected chi connectivity index (χ3v) is 4.14. The number of likely N-dealkylation sites (tertiary alicyclic amines) is 1. The molecule has 0 aromatic heterocycles. The van der Waals surface area contributed by atoms with Crippen molar-refractivity contribution in [3.8, 4) is 0 Å². The van der Waals surface area contributed by atoms with Gasteiger partial charge in [0, 0.05) is 19.1 Å². The third kappa shape index (κ3) is 3.46. The number of rotatable bonds is 4. The molecule has 0 aromatic carbocycles. The summed E-state index contributed by atoms with van der Waals surface area (Å²) >= 11 is 0. The number of hydrogen-bond acceptors (Lipinski definition) is 2. The van der Waals surface area contributed by atoms with Crippen LogP contribution in [-0.4, -0.2) is 37.1 Å². The van der Waals surface area contributed by atoms with Gasteiger partial charge in [0.25, 0.3) is 0 Å². The lowest BCUT2D eigenvalue weighted by atomic mass is 10.1. The zero-order valence-corrected chi connectivity index (χ0v) is 10.2. The fraction of sp³-hybridized carbons (Fsp3) is 1.00. The molecule has 0 unspecified atom stereocenters. The van der Waals surface area contributed by atoms with Crippen molar-refractivity contribution in [3.05, 3.63) is 0 Å². The lowest BCUT2D eigenvalue weighted by Crippen LogP contribution is -2.40. The zero-order chi connectivity index (χ0) is 10.5. The molecule has 1 saturated heterocycles. The van der Waals surface area contributed by atoms with Crippen LogP contribution >= 0.6 is 0 Å². The smallest absolute Gasteiger partial charge is 0.0107 e. The molecule has 1 heterocycles. The molecule has 1 saturated carbocycles. The number of piperidine rings is 1. The summed E-state index contributed by atoms with van der Waals surface area (Å²) in [4.78, 5) is 2.62. The Balaban J connectivity index is 1.57. The zero-order valence-electron chi connectivity index (χ0n) is 10.2. The quantitative estimate of drug-likeness (QED) is 0.765. The molecule has 1 N–H and O–H groups in total. The van der Waals surface area contributed by atoms with E-state index >= 15 is 0 Å². The largest absolute Gasteiger partial charge is 0.312 e. The van der Waals surface area contributed by atoms with Crippen LogP contribution in [-0.2, 0) is 0 Å². The van der Waals surface area contributed by atoms with Gasteiger partial charge in [0.2, 0.25) is 0 Å². The van der Waals surface area contributed by atoms with Gasteiger partial charge in [-0.05, 0) is 44.7 Å². The molecule has 0 spiro atoms. The Hall–Kier alpha value is -0.0800. The van der Waals surface area contributed by atoms with Crippen LogP contribution < -0.4 is 5.32 Å². The van der Waals surface area contributed by atoms with Crippen molar-refractivity contribution in [2.45, 2.75) is 51.5 Å². The summed E-state index contributed by atoms with van der Waals surface area (Å²) in [6.07, 6.45) is 8.55. The maximum atomic E-state index is 3.74. The molecule has 0 bridgehead atoms. The van der Waals surface area contributed by atoms with Gasteiger partial charge in [0.1, 0.15) is 0 Å². The molecule has 2 aliphatic rings. The Kier molecular flexibility index (Phi) is 4.45. The van der Waals surface area contributed by atoms with Gasteiger partial charge in [-0.25, -0.2) is 0 Å². The van der Waals surface area contributed by atoms with E-state index in [2.05, 4.69) is 17.1 Å². The Bertz CT molecular complexity index is 175. The van der Waals surface area contributed by atoms with Crippen LogP contribution in [0.15, 0.2) is 0 Å². The summed E-state index contributed by atoms with van der Waals surface area (Å²) in [5.41, 5.74) is 0. The van der Waals surface area contributed by atoms with Crippen molar-refractivity contribution < 1.29 is 0 Å². The molecule has 0 aromatic rings. The fourth-order valence-corrected chi connectivity index (χ4v) is 3.04. The second kappa shape index (κ2) is 5.86. The lowest BCUT2D eigenvalue weighted by molar-refractivity contribution is 0.224. The van der Waals surface area contributed by atoms with E-state index in [1.807, 2.05) is 0 Å². The van der Waals surface area contributed by atoms with Crippen molar-refractivity contribution in [1.82, 2.24) is 10.2 Å². The monoisotopic (exact) mass is 210 g/mol. The highest BCUT2D eigenvalue weighted by atomic mass is 15.1. The second-order valence-corrected chi connectivity index (χ2v) is 5.37. The highest BCUT2D eigenvalue weighted by Crippen LogP contribution is 2.24. The van der Waals surface area contributed by atoms with Gasteiger partial charge in [-0.15, -0.1) is 0 Å². The first-order chi connectivity index (χ1) is 7.36. The number of nitrogens with one attached hydrogen (secondary N) is 1. The molecular weight excluding hydrogens is 184 g/mol. The van der Waals surface area contributed by atoms with Crippen LogP contribution in [0, 0.1) is 5.92 Å². The number of nitrogens with zero attached hydrogens (tertiary/aromatic N) is 1. The standard InChI is InChI=1S/C13H26N2/c1-12-6-5-7-13(12)14-8-11-15-9-3-2-4-10-15/h12-14H,2-11H2,1H3/t12-,13+/m0/s1. The molecule has 0 radical (unpaired) electrons. The summed E-state index contributed by atoms with van der Waals surface area (Å²) in [5.74, 6) is 0.909. The molecule has 88 valence electrons. The maximum Gasteiger partial charge on any atom is 0.0107 e. The molecule has 2 atom stereocenters. The van der Waals surface area contributed by atoms with Gasteiger partial charge >= 0.3 is 0 Å². The molecule has 2 nitrogen and oxygen atoms in total. The van der Waals surface area contributed by atoms with Gasteiger partial charge in [-0.3, -0.25) is 0 Å². The summed E-state index contributed by atoms with van der Waals surface area (Å²) in [6.45, 7) is 7.54. The SMILES string of the molecule is C[C@H]1CCC[C@H]1NCCN1CCCCC1. The summed E-state index contributed by atoms with van der Waals surface area (Å²) in [5, 5.41) is 3.74. The van der Waals surface area contributed by atoms with Crippen LogP contribution in [0.5, 0.6) is 0 Å². The van der Waals surface area contributed by atoms with Crippen molar-refractivity contribution >= 4 is 0 Å². The van der Waals surface area contributed by atoms with Crippen molar-refractivity contribution in [1.29, 1.82) is 0 Å². The van der Waals surface area contributed by atoms with E-state index in [9.17, 15) is 0 Å². The average molecular weight is 210 g/mol. The van der Waals surface area contributed by atoms with Crippen molar-refractivity contribution in [2.75, 3.05) is 26.2 Å². The van der Waals surface area contributed by atoms with Gasteiger partial charge < -0.3 is 10.2 Å². The Labute approximate surface area is 94.4 Å². The molecule has 15 heavy (non-hydrogen) atoms. The molecule has 1 aliphatic carbocycles. The lowest BCUT2D eigenvalue weighted by Gasteiger charge is -2.27. The minimum absolute atomic E-state index is 0.815. The topological polar surface area (TPSA) is 15.3 Å². The van der Waals surface area contributed by atoms with E-state index in [4.69, 9.17) is 0 Å². The van der Waals surface area contributed by atoms with E-state index in [0.29, 0.717) is 0 Å². The first-order valence-electron chi connectivity index (χ1n) is 6.82. The van der Waals surface area contributed by atoms with Gasteiger partial charge in [0.05, 0.1) is 0 Å². The normalized spacial score (nSPS) is 33.4. The Morgan fingerprint density at radius 2 is 1.87 bits per heavy atom. The third-order valence-electron chi connectivity index (χ3n) is 4.14. The minimum Gasteiger partial charge on any atom is -0.312 e. The predicted octanol–water partition coefficient (Wildman–Crippen LogP) is 2.25.